The van der Waals surface area contributed by atoms with Gasteiger partial charge in [-0.2, -0.15) is 0 Å². The SMILES string of the molecule is CC(C)CC1CN(C(=O)O)CCc2cc(-c3ccc(C(=O)Nc4cccnc4)cc3)ccc21. The number of nitrogens with zero attached hydrogens (tertiary/aromatic N) is 2. The van der Waals surface area contributed by atoms with Gasteiger partial charge < -0.3 is 15.3 Å². The van der Waals surface area contributed by atoms with Crippen LogP contribution in [0.1, 0.15) is 47.7 Å². The van der Waals surface area contributed by atoms with E-state index in [1.807, 2.05) is 24.3 Å². The van der Waals surface area contributed by atoms with E-state index in [1.165, 1.54) is 11.1 Å². The van der Waals surface area contributed by atoms with Gasteiger partial charge in [-0.15, -0.1) is 0 Å². The zero-order valence-corrected chi connectivity index (χ0v) is 19.0. The van der Waals surface area contributed by atoms with E-state index in [0.29, 0.717) is 36.7 Å². The van der Waals surface area contributed by atoms with Crippen molar-refractivity contribution in [3.05, 3.63) is 83.7 Å². The number of fused-ring (bicyclic) bond motifs is 1. The van der Waals surface area contributed by atoms with Crippen molar-refractivity contribution in [2.45, 2.75) is 32.6 Å². The van der Waals surface area contributed by atoms with Crippen LogP contribution in [0.15, 0.2) is 67.0 Å². The second-order valence-electron chi connectivity index (χ2n) is 8.99. The molecule has 0 saturated heterocycles. The third-order valence-corrected chi connectivity index (χ3v) is 6.10. The minimum Gasteiger partial charge on any atom is -0.465 e. The van der Waals surface area contributed by atoms with Crippen LogP contribution in [0, 0.1) is 5.92 Å². The maximum atomic E-state index is 12.5. The van der Waals surface area contributed by atoms with E-state index in [2.05, 4.69) is 42.3 Å². The molecule has 33 heavy (non-hydrogen) atoms. The largest absolute Gasteiger partial charge is 0.465 e. The Kier molecular flexibility index (Phi) is 6.73. The number of anilines is 1. The Morgan fingerprint density at radius 1 is 1.12 bits per heavy atom. The number of hydrogen-bond acceptors (Lipinski definition) is 3. The summed E-state index contributed by atoms with van der Waals surface area (Å²) in [5.74, 6) is 0.509. The molecule has 2 amide bonds. The number of amides is 2. The molecule has 0 radical (unpaired) electrons. The molecule has 1 aromatic heterocycles. The van der Waals surface area contributed by atoms with Crippen molar-refractivity contribution in [1.82, 2.24) is 9.88 Å². The van der Waals surface area contributed by atoms with Crippen LogP contribution in [0.4, 0.5) is 10.5 Å². The van der Waals surface area contributed by atoms with Crippen LogP contribution in [0.2, 0.25) is 0 Å². The lowest BCUT2D eigenvalue weighted by atomic mass is 9.86. The summed E-state index contributed by atoms with van der Waals surface area (Å²) in [4.78, 5) is 29.7. The molecular weight excluding hydrogens is 414 g/mol. The standard InChI is InChI=1S/C27H29N3O3/c1-18(2)14-23-17-30(27(32)33)13-11-22-15-21(9-10-25(22)23)19-5-7-20(8-6-19)26(31)29-24-4-3-12-28-16-24/h3-10,12,15-16,18,23H,11,13-14,17H2,1-2H3,(H,29,31)(H,32,33). The fraction of sp³-hybridized carbons (Fsp3) is 0.296. The molecule has 6 heteroatoms. The minimum atomic E-state index is -0.850. The third-order valence-electron chi connectivity index (χ3n) is 6.10. The first kappa shape index (κ1) is 22.5. The molecule has 3 aromatic rings. The van der Waals surface area contributed by atoms with E-state index in [9.17, 15) is 14.7 Å². The Labute approximate surface area is 194 Å². The molecule has 2 aromatic carbocycles. The molecule has 0 bridgehead atoms. The first-order valence-corrected chi connectivity index (χ1v) is 11.3. The molecule has 0 saturated carbocycles. The molecule has 0 spiro atoms. The Morgan fingerprint density at radius 3 is 2.55 bits per heavy atom. The number of rotatable bonds is 5. The maximum Gasteiger partial charge on any atom is 0.407 e. The average molecular weight is 444 g/mol. The molecule has 1 atom stereocenters. The van der Waals surface area contributed by atoms with Gasteiger partial charge in [0, 0.05) is 30.8 Å². The van der Waals surface area contributed by atoms with Crippen LogP contribution in [0.5, 0.6) is 0 Å². The molecule has 4 rings (SSSR count). The number of nitrogens with one attached hydrogen (secondary N) is 1. The Morgan fingerprint density at radius 2 is 1.88 bits per heavy atom. The molecule has 6 nitrogen and oxygen atoms in total. The summed E-state index contributed by atoms with van der Waals surface area (Å²) in [5, 5.41) is 12.4. The highest BCUT2D eigenvalue weighted by Crippen LogP contribution is 2.33. The lowest BCUT2D eigenvalue weighted by Gasteiger charge is -2.24. The van der Waals surface area contributed by atoms with E-state index in [0.717, 1.165) is 17.5 Å². The summed E-state index contributed by atoms with van der Waals surface area (Å²) < 4.78 is 0. The third kappa shape index (κ3) is 5.40. The molecule has 170 valence electrons. The van der Waals surface area contributed by atoms with Gasteiger partial charge in [-0.05, 0) is 65.3 Å². The van der Waals surface area contributed by atoms with Gasteiger partial charge in [0.2, 0.25) is 0 Å². The van der Waals surface area contributed by atoms with Crippen molar-refractivity contribution in [3.63, 3.8) is 0 Å². The molecule has 0 fully saturated rings. The summed E-state index contributed by atoms with van der Waals surface area (Å²) in [7, 11) is 0. The summed E-state index contributed by atoms with van der Waals surface area (Å²) in [6, 6.07) is 17.6. The number of pyridine rings is 1. The number of carbonyl (C=O) groups is 2. The fourth-order valence-electron chi connectivity index (χ4n) is 4.51. The first-order chi connectivity index (χ1) is 15.9. The Balaban J connectivity index is 1.56. The second kappa shape index (κ2) is 9.86. The predicted molar refractivity (Wildman–Crippen MR) is 130 cm³/mol. The predicted octanol–water partition coefficient (Wildman–Crippen LogP) is 5.67. The zero-order chi connectivity index (χ0) is 23.4. The van der Waals surface area contributed by atoms with Gasteiger partial charge in [0.15, 0.2) is 0 Å². The number of aromatic nitrogens is 1. The van der Waals surface area contributed by atoms with Crippen molar-refractivity contribution in [2.75, 3.05) is 18.4 Å². The van der Waals surface area contributed by atoms with Gasteiger partial charge in [-0.3, -0.25) is 9.78 Å². The molecule has 1 aliphatic rings. The highest BCUT2D eigenvalue weighted by molar-refractivity contribution is 6.04. The first-order valence-electron chi connectivity index (χ1n) is 11.3. The van der Waals surface area contributed by atoms with Crippen molar-refractivity contribution in [2.24, 2.45) is 5.92 Å². The number of benzene rings is 2. The summed E-state index contributed by atoms with van der Waals surface area (Å²) in [6.45, 7) is 5.40. The van der Waals surface area contributed by atoms with Gasteiger partial charge in [0.05, 0.1) is 11.9 Å². The van der Waals surface area contributed by atoms with E-state index in [-0.39, 0.29) is 11.8 Å². The maximum absolute atomic E-state index is 12.5. The van der Waals surface area contributed by atoms with E-state index < -0.39 is 6.09 Å². The van der Waals surface area contributed by atoms with E-state index in [4.69, 9.17) is 0 Å². The second-order valence-corrected chi connectivity index (χ2v) is 8.99. The fourth-order valence-corrected chi connectivity index (χ4v) is 4.51. The highest BCUT2D eigenvalue weighted by Gasteiger charge is 2.26. The van der Waals surface area contributed by atoms with Crippen LogP contribution in [0.3, 0.4) is 0 Å². The highest BCUT2D eigenvalue weighted by atomic mass is 16.4. The molecule has 0 aliphatic carbocycles. The van der Waals surface area contributed by atoms with E-state index >= 15 is 0 Å². The summed E-state index contributed by atoms with van der Waals surface area (Å²) >= 11 is 0. The molecule has 2 N–H and O–H groups in total. The van der Waals surface area contributed by atoms with Gasteiger partial charge in [-0.1, -0.05) is 44.2 Å². The van der Waals surface area contributed by atoms with Crippen LogP contribution in [-0.4, -0.2) is 40.1 Å². The summed E-state index contributed by atoms with van der Waals surface area (Å²) in [5.41, 5.74) is 5.79. The van der Waals surface area contributed by atoms with Crippen molar-refractivity contribution in [3.8, 4) is 11.1 Å². The number of carbonyl (C=O) groups excluding carboxylic acids is 1. The monoisotopic (exact) mass is 443 g/mol. The Hall–Kier alpha value is -3.67. The normalized spacial score (nSPS) is 15.6. The average Bonchev–Trinajstić information content (AvgIpc) is 2.99. The zero-order valence-electron chi connectivity index (χ0n) is 19.0. The quantitative estimate of drug-likeness (QED) is 0.532. The molecular formula is C27H29N3O3. The van der Waals surface area contributed by atoms with Gasteiger partial charge in [-0.25, -0.2) is 4.79 Å². The van der Waals surface area contributed by atoms with Gasteiger partial charge in [0.25, 0.3) is 5.91 Å². The lowest BCUT2D eigenvalue weighted by Crippen LogP contribution is -2.33. The Bertz CT molecular complexity index is 1130. The van der Waals surface area contributed by atoms with Crippen LogP contribution < -0.4 is 5.32 Å². The summed E-state index contributed by atoms with van der Waals surface area (Å²) in [6.07, 6.45) is 4.08. The number of hydrogen-bond donors (Lipinski definition) is 2. The van der Waals surface area contributed by atoms with Gasteiger partial charge in [0.1, 0.15) is 0 Å². The van der Waals surface area contributed by atoms with Crippen molar-refractivity contribution < 1.29 is 14.7 Å². The van der Waals surface area contributed by atoms with Crippen molar-refractivity contribution in [1.29, 1.82) is 0 Å². The number of carboxylic acid groups (broad SMARTS) is 1. The topological polar surface area (TPSA) is 82.5 Å². The van der Waals surface area contributed by atoms with Gasteiger partial charge >= 0.3 is 6.09 Å². The smallest absolute Gasteiger partial charge is 0.407 e. The van der Waals surface area contributed by atoms with Crippen LogP contribution in [0.25, 0.3) is 11.1 Å². The minimum absolute atomic E-state index is 0.179. The molecule has 1 aliphatic heterocycles. The lowest BCUT2D eigenvalue weighted by molar-refractivity contribution is 0.102. The van der Waals surface area contributed by atoms with E-state index in [1.54, 1.807) is 29.4 Å². The molecule has 2 heterocycles. The van der Waals surface area contributed by atoms with Crippen LogP contribution >= 0.6 is 0 Å². The van der Waals surface area contributed by atoms with Crippen molar-refractivity contribution >= 4 is 17.7 Å². The van der Waals surface area contributed by atoms with Crippen LogP contribution in [-0.2, 0) is 6.42 Å². The molecule has 1 unspecified atom stereocenters.